The minimum Gasteiger partial charge on any atom is -0.493 e. The van der Waals surface area contributed by atoms with E-state index >= 15 is 0 Å². The van der Waals surface area contributed by atoms with Crippen molar-refractivity contribution in [3.8, 4) is 11.5 Å². The molecular formula is C24H33FIN5O2. The topological polar surface area (TPSA) is 71.0 Å². The van der Waals surface area contributed by atoms with Gasteiger partial charge in [-0.2, -0.15) is 0 Å². The Bertz CT molecular complexity index is 956. The molecule has 0 radical (unpaired) electrons. The number of nitrogens with one attached hydrogen (secondary N) is 2. The van der Waals surface area contributed by atoms with Crippen LogP contribution in [0.4, 0.5) is 10.2 Å². The van der Waals surface area contributed by atoms with Gasteiger partial charge in [0.05, 0.1) is 20.8 Å². The van der Waals surface area contributed by atoms with E-state index in [1.54, 1.807) is 26.5 Å². The van der Waals surface area contributed by atoms with Crippen molar-refractivity contribution >= 4 is 35.8 Å². The van der Waals surface area contributed by atoms with Crippen molar-refractivity contribution in [3.63, 3.8) is 0 Å². The first kappa shape index (κ1) is 26.7. The smallest absolute Gasteiger partial charge is 0.191 e. The molecule has 1 fully saturated rings. The zero-order valence-corrected chi connectivity index (χ0v) is 21.8. The number of nitrogens with zero attached hydrogens (tertiary/aromatic N) is 3. The number of hydrogen-bond donors (Lipinski definition) is 2. The summed E-state index contributed by atoms with van der Waals surface area (Å²) < 4.78 is 25.1. The summed E-state index contributed by atoms with van der Waals surface area (Å²) in [4.78, 5) is 10.9. The van der Waals surface area contributed by atoms with E-state index in [0.717, 1.165) is 42.3 Å². The maximum Gasteiger partial charge on any atom is 0.191 e. The summed E-state index contributed by atoms with van der Waals surface area (Å²) >= 11 is 0. The van der Waals surface area contributed by atoms with Crippen molar-refractivity contribution in [2.45, 2.75) is 32.4 Å². The molecule has 1 saturated heterocycles. The van der Waals surface area contributed by atoms with Gasteiger partial charge in [0.2, 0.25) is 0 Å². The molecule has 0 bridgehead atoms. The number of guanidine groups is 1. The number of benzene rings is 1. The van der Waals surface area contributed by atoms with Crippen LogP contribution in [0.15, 0.2) is 48.1 Å². The van der Waals surface area contributed by atoms with Gasteiger partial charge in [-0.3, -0.25) is 0 Å². The summed E-state index contributed by atoms with van der Waals surface area (Å²) in [6.07, 6.45) is 5.01. The van der Waals surface area contributed by atoms with Gasteiger partial charge in [0.15, 0.2) is 29.1 Å². The molecule has 180 valence electrons. The van der Waals surface area contributed by atoms with E-state index in [0.29, 0.717) is 31.1 Å². The summed E-state index contributed by atoms with van der Waals surface area (Å²) in [6.45, 7) is 8.48. The van der Waals surface area contributed by atoms with Gasteiger partial charge in [-0.25, -0.2) is 14.4 Å². The molecule has 2 heterocycles. The van der Waals surface area contributed by atoms with Crippen molar-refractivity contribution in [3.05, 3.63) is 60.1 Å². The van der Waals surface area contributed by atoms with Crippen LogP contribution in [0.3, 0.4) is 0 Å². The Hall–Kier alpha value is -2.56. The highest BCUT2D eigenvalue weighted by Crippen LogP contribution is 2.33. The first-order valence-electron chi connectivity index (χ1n) is 10.8. The molecule has 1 atom stereocenters. The quantitative estimate of drug-likeness (QED) is 0.207. The molecule has 0 saturated carbocycles. The molecular weight excluding hydrogens is 536 g/mol. The van der Waals surface area contributed by atoms with Gasteiger partial charge in [0.25, 0.3) is 0 Å². The molecule has 0 aliphatic carbocycles. The fraction of sp³-hybridized carbons (Fsp3) is 0.417. The zero-order valence-electron chi connectivity index (χ0n) is 19.4. The lowest BCUT2D eigenvalue weighted by atomic mass is 10.1. The standard InChI is InChI=1S/C24H32FN5O2.HI/c1-5-8-18-13-17(14-21(31-3)22(18)32-4)15-28-24(26-6-2)29-19-10-12-30(16-19)23-20(25)9-7-11-27-23;/h5,7,9,11,13-14,19H,1,6,8,10,12,15-16H2,2-4H3,(H2,26,28,29);1H. The Morgan fingerprint density at radius 1 is 1.36 bits per heavy atom. The number of ether oxygens (including phenoxy) is 2. The molecule has 2 aromatic rings. The van der Waals surface area contributed by atoms with E-state index < -0.39 is 0 Å². The summed E-state index contributed by atoms with van der Waals surface area (Å²) in [7, 11) is 3.27. The Morgan fingerprint density at radius 2 is 2.18 bits per heavy atom. The fourth-order valence-corrected chi connectivity index (χ4v) is 3.87. The number of halogens is 2. The van der Waals surface area contributed by atoms with Gasteiger partial charge in [0.1, 0.15) is 0 Å². The first-order chi connectivity index (χ1) is 15.6. The van der Waals surface area contributed by atoms with E-state index in [2.05, 4.69) is 28.3 Å². The third-order valence-electron chi connectivity index (χ3n) is 5.31. The van der Waals surface area contributed by atoms with Crippen LogP contribution in [0.1, 0.15) is 24.5 Å². The van der Waals surface area contributed by atoms with Crippen LogP contribution in [-0.4, -0.2) is 50.8 Å². The molecule has 9 heteroatoms. The molecule has 7 nitrogen and oxygen atoms in total. The minimum absolute atomic E-state index is 0. The lowest BCUT2D eigenvalue weighted by molar-refractivity contribution is 0.352. The van der Waals surface area contributed by atoms with Gasteiger partial charge >= 0.3 is 0 Å². The minimum atomic E-state index is -0.294. The Kier molecular flexibility index (Phi) is 10.7. The van der Waals surface area contributed by atoms with Crippen LogP contribution >= 0.6 is 24.0 Å². The van der Waals surface area contributed by atoms with Crippen LogP contribution in [0.5, 0.6) is 11.5 Å². The average molecular weight is 569 g/mol. The normalized spacial score (nSPS) is 15.6. The summed E-state index contributed by atoms with van der Waals surface area (Å²) in [6, 6.07) is 7.21. The van der Waals surface area contributed by atoms with Crippen LogP contribution in [0, 0.1) is 5.82 Å². The SMILES string of the molecule is C=CCc1cc(CN=C(NCC)NC2CCN(c3ncccc3F)C2)cc(OC)c1OC.I. The second-order valence-electron chi connectivity index (χ2n) is 7.56. The van der Waals surface area contributed by atoms with Crippen LogP contribution in [0.25, 0.3) is 0 Å². The predicted octanol–water partition coefficient (Wildman–Crippen LogP) is 3.92. The van der Waals surface area contributed by atoms with Gasteiger partial charge in [0, 0.05) is 37.4 Å². The second kappa shape index (κ2) is 13.2. The van der Waals surface area contributed by atoms with Crippen molar-refractivity contribution in [1.82, 2.24) is 15.6 Å². The van der Waals surface area contributed by atoms with Gasteiger partial charge < -0.3 is 25.0 Å². The van der Waals surface area contributed by atoms with E-state index in [-0.39, 0.29) is 35.8 Å². The lowest BCUT2D eigenvalue weighted by Crippen LogP contribution is -2.44. The Morgan fingerprint density at radius 3 is 2.85 bits per heavy atom. The highest BCUT2D eigenvalue weighted by Gasteiger charge is 2.26. The van der Waals surface area contributed by atoms with Crippen LogP contribution in [-0.2, 0) is 13.0 Å². The molecule has 1 aliphatic heterocycles. The summed E-state index contributed by atoms with van der Waals surface area (Å²) in [5.74, 6) is 2.23. The highest BCUT2D eigenvalue weighted by molar-refractivity contribution is 14.0. The highest BCUT2D eigenvalue weighted by atomic mass is 127. The number of hydrogen-bond acceptors (Lipinski definition) is 5. The monoisotopic (exact) mass is 569 g/mol. The predicted molar refractivity (Wildman–Crippen MR) is 142 cm³/mol. The zero-order chi connectivity index (χ0) is 22.9. The molecule has 3 rings (SSSR count). The number of aliphatic imine (C=N–C) groups is 1. The average Bonchev–Trinajstić information content (AvgIpc) is 3.26. The maximum absolute atomic E-state index is 14.1. The van der Waals surface area contributed by atoms with Crippen molar-refractivity contribution in [2.75, 3.05) is 38.8 Å². The number of anilines is 1. The summed E-state index contributed by atoms with van der Waals surface area (Å²) in [5, 5.41) is 6.77. The third-order valence-corrected chi connectivity index (χ3v) is 5.31. The van der Waals surface area contributed by atoms with E-state index in [1.165, 1.54) is 6.07 Å². The molecule has 0 spiro atoms. The molecule has 1 aromatic heterocycles. The molecule has 1 aliphatic rings. The molecule has 1 unspecified atom stereocenters. The van der Waals surface area contributed by atoms with Crippen LogP contribution < -0.4 is 25.0 Å². The number of pyridine rings is 1. The second-order valence-corrected chi connectivity index (χ2v) is 7.56. The molecule has 1 aromatic carbocycles. The number of rotatable bonds is 9. The van der Waals surface area contributed by atoms with Gasteiger partial charge in [-0.15, -0.1) is 30.6 Å². The van der Waals surface area contributed by atoms with Crippen molar-refractivity contribution < 1.29 is 13.9 Å². The van der Waals surface area contributed by atoms with E-state index in [4.69, 9.17) is 14.5 Å². The van der Waals surface area contributed by atoms with E-state index in [9.17, 15) is 4.39 Å². The van der Waals surface area contributed by atoms with Gasteiger partial charge in [-0.1, -0.05) is 6.08 Å². The Labute approximate surface area is 212 Å². The van der Waals surface area contributed by atoms with Crippen LogP contribution in [0.2, 0.25) is 0 Å². The molecule has 2 N–H and O–H groups in total. The fourth-order valence-electron chi connectivity index (χ4n) is 3.87. The Balaban J connectivity index is 0.00000385. The van der Waals surface area contributed by atoms with E-state index in [1.807, 2.05) is 24.0 Å². The number of methoxy groups -OCH3 is 2. The van der Waals surface area contributed by atoms with Crippen molar-refractivity contribution in [2.24, 2.45) is 4.99 Å². The maximum atomic E-state index is 14.1. The van der Waals surface area contributed by atoms with Crippen molar-refractivity contribution in [1.29, 1.82) is 0 Å². The summed E-state index contributed by atoms with van der Waals surface area (Å²) in [5.41, 5.74) is 2.02. The largest absolute Gasteiger partial charge is 0.493 e. The third kappa shape index (κ3) is 6.96. The first-order valence-corrected chi connectivity index (χ1v) is 10.8. The number of allylic oxidation sites excluding steroid dienone is 1. The lowest BCUT2D eigenvalue weighted by Gasteiger charge is -2.20. The molecule has 33 heavy (non-hydrogen) atoms. The van der Waals surface area contributed by atoms with Gasteiger partial charge in [-0.05, 0) is 49.6 Å². The molecule has 0 amide bonds. The number of aromatic nitrogens is 1.